The van der Waals surface area contributed by atoms with Gasteiger partial charge in [-0.2, -0.15) is 0 Å². The molecule has 0 aliphatic carbocycles. The van der Waals surface area contributed by atoms with Crippen LogP contribution in [0.2, 0.25) is 5.02 Å². The predicted octanol–water partition coefficient (Wildman–Crippen LogP) is 4.79. The highest BCUT2D eigenvalue weighted by molar-refractivity contribution is 6.30. The maximum absolute atomic E-state index is 13.8. The highest BCUT2D eigenvalue weighted by Crippen LogP contribution is 2.26. The average Bonchev–Trinajstić information content (AvgIpc) is 2.43. The van der Waals surface area contributed by atoms with E-state index < -0.39 is 0 Å². The molecule has 2 rings (SSSR count). The van der Waals surface area contributed by atoms with Crippen LogP contribution in [0.4, 0.5) is 4.39 Å². The zero-order valence-corrected chi connectivity index (χ0v) is 12.8. The van der Waals surface area contributed by atoms with E-state index in [1.54, 1.807) is 13.8 Å². The van der Waals surface area contributed by atoms with Crippen molar-refractivity contribution in [3.05, 3.63) is 69.5 Å². The highest BCUT2D eigenvalue weighted by Gasteiger charge is 2.15. The maximum Gasteiger partial charge on any atom is 0.129 e. The Morgan fingerprint density at radius 1 is 1.05 bits per heavy atom. The molecule has 2 aromatic rings. The molecule has 0 aromatic heterocycles. The van der Waals surface area contributed by atoms with Gasteiger partial charge in [0, 0.05) is 5.02 Å². The number of aryl methyl sites for hydroxylation is 2. The molecule has 0 fully saturated rings. The molecule has 0 bridgehead atoms. The van der Waals surface area contributed by atoms with Gasteiger partial charge in [0.1, 0.15) is 5.82 Å². The van der Waals surface area contributed by atoms with Crippen LogP contribution in [0.1, 0.15) is 35.2 Å². The van der Waals surface area contributed by atoms with Crippen molar-refractivity contribution in [2.75, 3.05) is 6.54 Å². The summed E-state index contributed by atoms with van der Waals surface area (Å²) >= 11 is 5.94. The molecule has 0 amide bonds. The summed E-state index contributed by atoms with van der Waals surface area (Å²) in [5.41, 5.74) is 3.56. The average molecular weight is 292 g/mol. The molecule has 2 aromatic carbocycles. The lowest BCUT2D eigenvalue weighted by molar-refractivity contribution is 0.598. The van der Waals surface area contributed by atoms with Crippen LogP contribution in [-0.4, -0.2) is 6.54 Å². The minimum Gasteiger partial charge on any atom is -0.307 e. The van der Waals surface area contributed by atoms with Gasteiger partial charge in [-0.05, 0) is 54.8 Å². The number of rotatable bonds is 4. The van der Waals surface area contributed by atoms with Crippen LogP contribution in [0, 0.1) is 19.7 Å². The van der Waals surface area contributed by atoms with Gasteiger partial charge in [-0.3, -0.25) is 0 Å². The molecular weight excluding hydrogens is 273 g/mol. The van der Waals surface area contributed by atoms with Gasteiger partial charge in [-0.1, -0.05) is 42.8 Å². The summed E-state index contributed by atoms with van der Waals surface area (Å²) in [6, 6.07) is 11.6. The van der Waals surface area contributed by atoms with Crippen LogP contribution in [0.15, 0.2) is 36.4 Å². The van der Waals surface area contributed by atoms with E-state index in [-0.39, 0.29) is 11.9 Å². The van der Waals surface area contributed by atoms with Crippen LogP contribution in [0.25, 0.3) is 0 Å². The van der Waals surface area contributed by atoms with Crippen molar-refractivity contribution in [2.45, 2.75) is 26.8 Å². The number of hydrogen-bond acceptors (Lipinski definition) is 1. The first-order valence-corrected chi connectivity index (χ1v) is 7.16. The summed E-state index contributed by atoms with van der Waals surface area (Å²) in [6.07, 6.45) is 0. The lowest BCUT2D eigenvalue weighted by Gasteiger charge is -2.20. The third-order valence-electron chi connectivity index (χ3n) is 3.40. The molecule has 1 unspecified atom stereocenters. The monoisotopic (exact) mass is 291 g/mol. The molecule has 1 nitrogen and oxygen atoms in total. The molecule has 0 spiro atoms. The highest BCUT2D eigenvalue weighted by atomic mass is 35.5. The molecule has 106 valence electrons. The fourth-order valence-electron chi connectivity index (χ4n) is 2.43. The maximum atomic E-state index is 13.8. The molecule has 0 saturated heterocycles. The van der Waals surface area contributed by atoms with Crippen LogP contribution in [-0.2, 0) is 0 Å². The van der Waals surface area contributed by atoms with Crippen molar-refractivity contribution in [2.24, 2.45) is 0 Å². The van der Waals surface area contributed by atoms with Gasteiger partial charge in [0.25, 0.3) is 0 Å². The Labute approximate surface area is 124 Å². The SMILES string of the molecule is CCNC(c1ccc(Cl)cc1)c1cc(C)c(F)c(C)c1. The molecule has 0 saturated carbocycles. The Bertz CT molecular complexity index is 569. The van der Waals surface area contributed by atoms with E-state index in [2.05, 4.69) is 12.2 Å². The lowest BCUT2D eigenvalue weighted by atomic mass is 9.95. The normalized spacial score (nSPS) is 12.4. The minimum absolute atomic E-state index is 0.0512. The molecule has 1 N–H and O–H groups in total. The van der Waals surface area contributed by atoms with Crippen molar-refractivity contribution in [3.8, 4) is 0 Å². The largest absolute Gasteiger partial charge is 0.307 e. The van der Waals surface area contributed by atoms with E-state index in [4.69, 9.17) is 11.6 Å². The lowest BCUT2D eigenvalue weighted by Crippen LogP contribution is -2.22. The second-order valence-electron chi connectivity index (χ2n) is 5.01. The van der Waals surface area contributed by atoms with Crippen molar-refractivity contribution in [1.82, 2.24) is 5.32 Å². The van der Waals surface area contributed by atoms with E-state index in [0.29, 0.717) is 11.1 Å². The summed E-state index contributed by atoms with van der Waals surface area (Å²) in [5.74, 6) is -0.125. The zero-order chi connectivity index (χ0) is 14.7. The predicted molar refractivity (Wildman–Crippen MR) is 82.8 cm³/mol. The topological polar surface area (TPSA) is 12.0 Å². The summed E-state index contributed by atoms with van der Waals surface area (Å²) < 4.78 is 13.8. The van der Waals surface area contributed by atoms with Gasteiger partial charge >= 0.3 is 0 Å². The van der Waals surface area contributed by atoms with Gasteiger partial charge in [0.15, 0.2) is 0 Å². The zero-order valence-electron chi connectivity index (χ0n) is 12.0. The van der Waals surface area contributed by atoms with Crippen LogP contribution < -0.4 is 5.32 Å². The molecule has 0 heterocycles. The van der Waals surface area contributed by atoms with Gasteiger partial charge < -0.3 is 5.32 Å². The Morgan fingerprint density at radius 2 is 1.60 bits per heavy atom. The van der Waals surface area contributed by atoms with Gasteiger partial charge in [0.05, 0.1) is 6.04 Å². The second-order valence-corrected chi connectivity index (χ2v) is 5.45. The first kappa shape index (κ1) is 15.0. The first-order valence-electron chi connectivity index (χ1n) is 6.78. The van der Waals surface area contributed by atoms with E-state index >= 15 is 0 Å². The number of nitrogens with one attached hydrogen (secondary N) is 1. The smallest absolute Gasteiger partial charge is 0.129 e. The third kappa shape index (κ3) is 3.20. The summed E-state index contributed by atoms with van der Waals surface area (Å²) in [4.78, 5) is 0. The first-order chi connectivity index (χ1) is 9.52. The van der Waals surface area contributed by atoms with E-state index in [0.717, 1.165) is 22.7 Å². The van der Waals surface area contributed by atoms with Gasteiger partial charge in [-0.15, -0.1) is 0 Å². The molecule has 0 aliphatic rings. The number of hydrogen-bond donors (Lipinski definition) is 1. The third-order valence-corrected chi connectivity index (χ3v) is 3.66. The quantitative estimate of drug-likeness (QED) is 0.853. The van der Waals surface area contributed by atoms with Crippen molar-refractivity contribution in [3.63, 3.8) is 0 Å². The van der Waals surface area contributed by atoms with Gasteiger partial charge in [-0.25, -0.2) is 4.39 Å². The van der Waals surface area contributed by atoms with Crippen LogP contribution >= 0.6 is 11.6 Å². The standard InChI is InChI=1S/C17H19ClFN/c1-4-20-17(13-5-7-15(18)8-6-13)14-9-11(2)16(19)12(3)10-14/h5-10,17,20H,4H2,1-3H3. The Balaban J connectivity index is 2.45. The number of halogens is 2. The van der Waals surface area contributed by atoms with Crippen LogP contribution in [0.5, 0.6) is 0 Å². The Kier molecular flexibility index (Phi) is 4.79. The summed E-state index contributed by atoms with van der Waals surface area (Å²) in [7, 11) is 0. The van der Waals surface area contributed by atoms with E-state index in [9.17, 15) is 4.39 Å². The molecular formula is C17H19ClFN. The molecule has 0 aliphatic heterocycles. The Hall–Kier alpha value is -1.38. The van der Waals surface area contributed by atoms with E-state index in [1.165, 1.54) is 0 Å². The fraction of sp³-hybridized carbons (Fsp3) is 0.294. The Morgan fingerprint density at radius 3 is 2.10 bits per heavy atom. The molecule has 0 radical (unpaired) electrons. The summed E-state index contributed by atoms with van der Waals surface area (Å²) in [5, 5.41) is 4.16. The van der Waals surface area contributed by atoms with Crippen molar-refractivity contribution >= 4 is 11.6 Å². The number of benzene rings is 2. The minimum atomic E-state index is -0.125. The van der Waals surface area contributed by atoms with Crippen molar-refractivity contribution in [1.29, 1.82) is 0 Å². The fourth-order valence-corrected chi connectivity index (χ4v) is 2.56. The molecule has 20 heavy (non-hydrogen) atoms. The molecule has 1 atom stereocenters. The van der Waals surface area contributed by atoms with E-state index in [1.807, 2.05) is 36.4 Å². The van der Waals surface area contributed by atoms with Gasteiger partial charge in [0.2, 0.25) is 0 Å². The summed E-state index contributed by atoms with van der Waals surface area (Å²) in [6.45, 7) is 6.50. The van der Waals surface area contributed by atoms with Crippen LogP contribution in [0.3, 0.4) is 0 Å². The second kappa shape index (κ2) is 6.38. The van der Waals surface area contributed by atoms with Crippen molar-refractivity contribution < 1.29 is 4.39 Å². The molecule has 3 heteroatoms.